The topological polar surface area (TPSA) is 106 Å². The standard InChI is InChI=1S/C21H20N4O3/c22-20-18(7-4-12-23-20)21(27)25-24-19(26)13-15-8-10-17(11-9-15)28-14-16-5-2-1-3-6-16/h1-12H,13-14H2,(H2,22,23)(H,24,26)(H,25,27). The van der Waals surface area contributed by atoms with Crippen LogP contribution in [0.25, 0.3) is 0 Å². The lowest BCUT2D eigenvalue weighted by molar-refractivity contribution is -0.121. The Morgan fingerprint density at radius 3 is 2.36 bits per heavy atom. The molecular weight excluding hydrogens is 356 g/mol. The minimum absolute atomic E-state index is 0.0975. The summed E-state index contributed by atoms with van der Waals surface area (Å²) in [6.45, 7) is 0.476. The van der Waals surface area contributed by atoms with Crippen LogP contribution in [0.4, 0.5) is 5.82 Å². The smallest absolute Gasteiger partial charge is 0.273 e. The number of nitrogens with two attached hydrogens (primary N) is 1. The normalized spacial score (nSPS) is 10.1. The summed E-state index contributed by atoms with van der Waals surface area (Å²) in [7, 11) is 0. The number of nitrogen functional groups attached to an aromatic ring is 1. The van der Waals surface area contributed by atoms with Gasteiger partial charge in [0.1, 0.15) is 18.2 Å². The number of hydrazine groups is 1. The molecule has 0 aliphatic rings. The van der Waals surface area contributed by atoms with E-state index in [0.717, 1.165) is 11.1 Å². The third kappa shape index (κ3) is 5.31. The van der Waals surface area contributed by atoms with Crippen LogP contribution in [0.2, 0.25) is 0 Å². The highest BCUT2D eigenvalue weighted by atomic mass is 16.5. The number of anilines is 1. The number of nitrogens with one attached hydrogen (secondary N) is 2. The molecule has 28 heavy (non-hydrogen) atoms. The average molecular weight is 376 g/mol. The molecule has 1 aromatic heterocycles. The van der Waals surface area contributed by atoms with Crippen LogP contribution >= 0.6 is 0 Å². The van der Waals surface area contributed by atoms with Gasteiger partial charge in [0.15, 0.2) is 0 Å². The second-order valence-corrected chi connectivity index (χ2v) is 6.03. The molecule has 0 aliphatic carbocycles. The third-order valence-corrected chi connectivity index (χ3v) is 3.93. The Bertz CT molecular complexity index is 943. The maximum atomic E-state index is 12.0. The van der Waals surface area contributed by atoms with Crippen molar-refractivity contribution in [2.24, 2.45) is 0 Å². The van der Waals surface area contributed by atoms with E-state index in [-0.39, 0.29) is 23.7 Å². The van der Waals surface area contributed by atoms with Crippen molar-refractivity contribution in [2.45, 2.75) is 13.0 Å². The summed E-state index contributed by atoms with van der Waals surface area (Å²) in [5, 5.41) is 0. The quantitative estimate of drug-likeness (QED) is 0.572. The maximum Gasteiger partial charge on any atom is 0.273 e. The number of rotatable bonds is 6. The fourth-order valence-electron chi connectivity index (χ4n) is 2.48. The molecule has 7 heteroatoms. The molecule has 1 heterocycles. The van der Waals surface area contributed by atoms with E-state index < -0.39 is 5.91 Å². The molecule has 0 atom stereocenters. The van der Waals surface area contributed by atoms with Crippen molar-refractivity contribution in [3.05, 3.63) is 89.6 Å². The van der Waals surface area contributed by atoms with Crippen LogP contribution in [0.5, 0.6) is 5.75 Å². The van der Waals surface area contributed by atoms with Crippen molar-refractivity contribution in [3.8, 4) is 5.75 Å². The number of carbonyl (C=O) groups is 2. The summed E-state index contributed by atoms with van der Waals surface area (Å²) < 4.78 is 5.72. The average Bonchev–Trinajstić information content (AvgIpc) is 2.72. The van der Waals surface area contributed by atoms with Gasteiger partial charge in [0.2, 0.25) is 5.91 Å². The van der Waals surface area contributed by atoms with Gasteiger partial charge in [0.25, 0.3) is 5.91 Å². The minimum Gasteiger partial charge on any atom is -0.489 e. The predicted octanol–water partition coefficient (Wildman–Crippen LogP) is 2.25. The van der Waals surface area contributed by atoms with Gasteiger partial charge in [-0.25, -0.2) is 4.98 Å². The highest BCUT2D eigenvalue weighted by Crippen LogP contribution is 2.14. The van der Waals surface area contributed by atoms with Gasteiger partial charge in [0, 0.05) is 6.20 Å². The molecule has 4 N–H and O–H groups in total. The van der Waals surface area contributed by atoms with Gasteiger partial charge in [-0.1, -0.05) is 42.5 Å². The predicted molar refractivity (Wildman–Crippen MR) is 105 cm³/mol. The van der Waals surface area contributed by atoms with Crippen LogP contribution in [0.3, 0.4) is 0 Å². The van der Waals surface area contributed by atoms with Gasteiger partial charge in [-0.05, 0) is 35.4 Å². The molecule has 0 unspecified atom stereocenters. The van der Waals surface area contributed by atoms with Gasteiger partial charge < -0.3 is 10.5 Å². The summed E-state index contributed by atoms with van der Waals surface area (Å²) in [5.41, 5.74) is 12.4. The van der Waals surface area contributed by atoms with E-state index in [9.17, 15) is 9.59 Å². The van der Waals surface area contributed by atoms with E-state index in [1.54, 1.807) is 30.3 Å². The highest BCUT2D eigenvalue weighted by molar-refractivity contribution is 5.99. The Hall–Kier alpha value is -3.87. The molecule has 0 bridgehead atoms. The number of nitrogens with zero attached hydrogens (tertiary/aromatic N) is 1. The number of amides is 2. The van der Waals surface area contributed by atoms with Crippen LogP contribution in [0, 0.1) is 0 Å². The van der Waals surface area contributed by atoms with E-state index in [2.05, 4.69) is 15.8 Å². The lowest BCUT2D eigenvalue weighted by atomic mass is 10.1. The number of aromatic nitrogens is 1. The lowest BCUT2D eigenvalue weighted by Gasteiger charge is -2.09. The third-order valence-electron chi connectivity index (χ3n) is 3.93. The van der Waals surface area contributed by atoms with Gasteiger partial charge in [-0.3, -0.25) is 20.4 Å². The Morgan fingerprint density at radius 2 is 1.64 bits per heavy atom. The molecule has 0 aliphatic heterocycles. The fourth-order valence-corrected chi connectivity index (χ4v) is 2.48. The highest BCUT2D eigenvalue weighted by Gasteiger charge is 2.11. The molecule has 2 amide bonds. The van der Waals surface area contributed by atoms with Gasteiger partial charge in [-0.15, -0.1) is 0 Å². The molecule has 0 fully saturated rings. The van der Waals surface area contributed by atoms with Crippen LogP contribution in [-0.2, 0) is 17.8 Å². The molecule has 3 aromatic rings. The maximum absolute atomic E-state index is 12.0. The van der Waals surface area contributed by atoms with Crippen molar-refractivity contribution < 1.29 is 14.3 Å². The summed E-state index contributed by atoms with van der Waals surface area (Å²) in [5.74, 6) is -0.0638. The number of hydrogen-bond acceptors (Lipinski definition) is 5. The molecule has 142 valence electrons. The van der Waals surface area contributed by atoms with E-state index >= 15 is 0 Å². The Balaban J connectivity index is 1.46. The molecule has 0 saturated carbocycles. The monoisotopic (exact) mass is 376 g/mol. The van der Waals surface area contributed by atoms with Crippen LogP contribution in [0.15, 0.2) is 72.9 Å². The Labute approximate surface area is 162 Å². The van der Waals surface area contributed by atoms with Crippen molar-refractivity contribution >= 4 is 17.6 Å². The number of ether oxygens (including phenoxy) is 1. The Kier molecular flexibility index (Phi) is 6.20. The number of hydrogen-bond donors (Lipinski definition) is 3. The molecule has 3 rings (SSSR count). The first-order chi connectivity index (χ1) is 13.6. The SMILES string of the molecule is Nc1ncccc1C(=O)NNC(=O)Cc1ccc(OCc2ccccc2)cc1. The molecule has 0 radical (unpaired) electrons. The summed E-state index contributed by atoms with van der Waals surface area (Å²) in [4.78, 5) is 27.8. The lowest BCUT2D eigenvalue weighted by Crippen LogP contribution is -2.42. The molecular formula is C21H20N4O3. The fraction of sp³-hybridized carbons (Fsp3) is 0.0952. The van der Waals surface area contributed by atoms with E-state index in [1.165, 1.54) is 12.3 Å². The number of benzene rings is 2. The summed E-state index contributed by atoms with van der Waals surface area (Å²) >= 11 is 0. The van der Waals surface area contributed by atoms with Crippen LogP contribution in [-0.4, -0.2) is 16.8 Å². The molecule has 0 spiro atoms. The van der Waals surface area contributed by atoms with Crippen molar-refractivity contribution in [1.29, 1.82) is 0 Å². The zero-order valence-electron chi connectivity index (χ0n) is 15.1. The van der Waals surface area contributed by atoms with Crippen molar-refractivity contribution in [1.82, 2.24) is 15.8 Å². The second-order valence-electron chi connectivity index (χ2n) is 6.03. The molecule has 7 nitrogen and oxygen atoms in total. The number of carbonyl (C=O) groups excluding carboxylic acids is 2. The van der Waals surface area contributed by atoms with E-state index in [0.29, 0.717) is 12.4 Å². The van der Waals surface area contributed by atoms with Crippen LogP contribution < -0.4 is 21.3 Å². The van der Waals surface area contributed by atoms with E-state index in [1.807, 2.05) is 30.3 Å². The van der Waals surface area contributed by atoms with Crippen molar-refractivity contribution in [2.75, 3.05) is 5.73 Å². The summed E-state index contributed by atoms with van der Waals surface area (Å²) in [6.07, 6.45) is 1.60. The van der Waals surface area contributed by atoms with Gasteiger partial charge in [-0.2, -0.15) is 0 Å². The van der Waals surface area contributed by atoms with Crippen LogP contribution in [0.1, 0.15) is 21.5 Å². The first-order valence-corrected chi connectivity index (χ1v) is 8.67. The molecule has 0 saturated heterocycles. The summed E-state index contributed by atoms with van der Waals surface area (Å²) in [6, 6.07) is 20.2. The largest absolute Gasteiger partial charge is 0.489 e. The number of pyridine rings is 1. The van der Waals surface area contributed by atoms with Crippen molar-refractivity contribution in [3.63, 3.8) is 0 Å². The van der Waals surface area contributed by atoms with E-state index in [4.69, 9.17) is 10.5 Å². The minimum atomic E-state index is -0.524. The first kappa shape index (κ1) is 18.9. The molecule has 2 aromatic carbocycles. The van der Waals surface area contributed by atoms with Gasteiger partial charge >= 0.3 is 0 Å². The second kappa shape index (κ2) is 9.18. The first-order valence-electron chi connectivity index (χ1n) is 8.67. The van der Waals surface area contributed by atoms with Gasteiger partial charge in [0.05, 0.1) is 12.0 Å². The zero-order chi connectivity index (χ0) is 19.8. The Morgan fingerprint density at radius 1 is 0.893 bits per heavy atom. The zero-order valence-corrected chi connectivity index (χ0v) is 15.1.